The number of amides is 1. The van der Waals surface area contributed by atoms with E-state index in [1.807, 2.05) is 0 Å². The molecule has 1 amide bonds. The van der Waals surface area contributed by atoms with Gasteiger partial charge in [-0.1, -0.05) is 6.42 Å². The summed E-state index contributed by atoms with van der Waals surface area (Å²) in [6, 6.07) is 0.697. The molecule has 0 radical (unpaired) electrons. The van der Waals surface area contributed by atoms with E-state index in [9.17, 15) is 26.4 Å². The molecule has 1 heterocycles. The van der Waals surface area contributed by atoms with Crippen molar-refractivity contribution in [2.24, 2.45) is 5.73 Å². The molecule has 0 aromatic heterocycles. The van der Waals surface area contributed by atoms with Gasteiger partial charge in [-0.05, 0) is 25.0 Å². The quantitative estimate of drug-likeness (QED) is 0.725. The fourth-order valence-electron chi connectivity index (χ4n) is 2.78. The first-order valence-corrected chi connectivity index (χ1v) is 9.35. The average Bonchev–Trinajstić information content (AvgIpc) is 2.58. The number of halogens is 3. The van der Waals surface area contributed by atoms with E-state index < -0.39 is 38.4 Å². The van der Waals surface area contributed by atoms with E-state index in [0.717, 1.165) is 10.7 Å². The van der Waals surface area contributed by atoms with Crippen LogP contribution in [0.3, 0.4) is 0 Å². The average molecular weight is 379 g/mol. The molecule has 1 aromatic carbocycles. The summed E-state index contributed by atoms with van der Waals surface area (Å²) >= 11 is 0. The molecule has 10 heteroatoms. The van der Waals surface area contributed by atoms with Crippen molar-refractivity contribution in [1.29, 1.82) is 0 Å². The first-order chi connectivity index (χ1) is 11.8. The van der Waals surface area contributed by atoms with Crippen LogP contribution < -0.4 is 11.1 Å². The first-order valence-electron chi connectivity index (χ1n) is 7.91. The molecular formula is C15H20F3N3O3S. The molecule has 1 aromatic rings. The molecule has 1 unspecified atom stereocenters. The van der Waals surface area contributed by atoms with Gasteiger partial charge in [0, 0.05) is 32.1 Å². The van der Waals surface area contributed by atoms with E-state index in [0.29, 0.717) is 25.0 Å². The molecule has 1 saturated heterocycles. The summed E-state index contributed by atoms with van der Waals surface area (Å²) in [7, 11) is -4.37. The van der Waals surface area contributed by atoms with Gasteiger partial charge in [0.1, 0.15) is 4.90 Å². The minimum atomic E-state index is -4.37. The fraction of sp³-hybridized carbons (Fsp3) is 0.533. The van der Waals surface area contributed by atoms with Crippen molar-refractivity contribution >= 4 is 15.9 Å². The van der Waals surface area contributed by atoms with Gasteiger partial charge in [-0.15, -0.1) is 0 Å². The molecule has 3 N–H and O–H groups in total. The molecule has 0 spiro atoms. The topological polar surface area (TPSA) is 92.5 Å². The molecular weight excluding hydrogens is 359 g/mol. The maximum Gasteiger partial charge on any atom is 0.246 e. The largest absolute Gasteiger partial charge is 0.354 e. The highest BCUT2D eigenvalue weighted by Gasteiger charge is 2.36. The molecule has 140 valence electrons. The highest BCUT2D eigenvalue weighted by molar-refractivity contribution is 7.89. The van der Waals surface area contributed by atoms with Gasteiger partial charge in [0.15, 0.2) is 17.5 Å². The predicted octanol–water partition coefficient (Wildman–Crippen LogP) is 1.11. The highest BCUT2D eigenvalue weighted by atomic mass is 32.2. The van der Waals surface area contributed by atoms with E-state index in [2.05, 4.69) is 5.32 Å². The van der Waals surface area contributed by atoms with E-state index in [4.69, 9.17) is 5.73 Å². The number of hydrogen-bond donors (Lipinski definition) is 2. The molecule has 0 aliphatic carbocycles. The Hall–Kier alpha value is -1.65. The second-order valence-electron chi connectivity index (χ2n) is 5.78. The van der Waals surface area contributed by atoms with Crippen LogP contribution in [0, 0.1) is 17.5 Å². The highest BCUT2D eigenvalue weighted by Crippen LogP contribution is 2.28. The molecule has 1 aliphatic rings. The SMILES string of the molecule is NCCC(=O)NCC1CCCCN1S(=O)(=O)c1ccc(F)c(F)c1F. The van der Waals surface area contributed by atoms with Crippen LogP contribution in [0.2, 0.25) is 0 Å². The van der Waals surface area contributed by atoms with Crippen LogP contribution in [0.4, 0.5) is 13.2 Å². The van der Waals surface area contributed by atoms with Gasteiger partial charge in [-0.3, -0.25) is 4.79 Å². The van der Waals surface area contributed by atoms with Gasteiger partial charge in [0.05, 0.1) is 0 Å². The molecule has 0 bridgehead atoms. The van der Waals surface area contributed by atoms with Gasteiger partial charge < -0.3 is 11.1 Å². The van der Waals surface area contributed by atoms with Crippen LogP contribution in [-0.2, 0) is 14.8 Å². The predicted molar refractivity (Wildman–Crippen MR) is 84.5 cm³/mol. The standard InChI is InChI=1S/C15H20F3N3O3S/c16-11-4-5-12(15(18)14(11)17)25(23,24)21-8-2-1-3-10(21)9-20-13(22)6-7-19/h4-5,10H,1-3,6-9,19H2,(H,20,22). The van der Waals surface area contributed by atoms with E-state index in [1.54, 1.807) is 0 Å². The van der Waals surface area contributed by atoms with E-state index in [-0.39, 0.29) is 32.0 Å². The Labute approximate surface area is 144 Å². The third kappa shape index (κ3) is 4.31. The van der Waals surface area contributed by atoms with Crippen molar-refractivity contribution in [1.82, 2.24) is 9.62 Å². The molecule has 1 fully saturated rings. The van der Waals surface area contributed by atoms with Gasteiger partial charge >= 0.3 is 0 Å². The number of benzene rings is 1. The molecule has 0 saturated carbocycles. The number of nitrogens with one attached hydrogen (secondary N) is 1. The van der Waals surface area contributed by atoms with E-state index in [1.165, 1.54) is 0 Å². The Balaban J connectivity index is 2.26. The van der Waals surface area contributed by atoms with Crippen molar-refractivity contribution in [3.63, 3.8) is 0 Å². The second kappa shape index (κ2) is 8.15. The number of carbonyl (C=O) groups is 1. The zero-order valence-corrected chi connectivity index (χ0v) is 14.3. The normalized spacial score (nSPS) is 19.0. The van der Waals surface area contributed by atoms with Crippen molar-refractivity contribution in [2.45, 2.75) is 36.6 Å². The number of carbonyl (C=O) groups excluding carboxylic acids is 1. The summed E-state index contributed by atoms with van der Waals surface area (Å²) in [6.45, 7) is 0.320. The van der Waals surface area contributed by atoms with Crippen LogP contribution in [0.1, 0.15) is 25.7 Å². The molecule has 1 atom stereocenters. The Bertz CT molecular complexity index is 743. The van der Waals surface area contributed by atoms with Crippen molar-refractivity contribution in [3.05, 3.63) is 29.6 Å². The van der Waals surface area contributed by atoms with Gasteiger partial charge in [-0.25, -0.2) is 21.6 Å². The number of nitrogens with two attached hydrogens (primary N) is 1. The summed E-state index contributed by atoms with van der Waals surface area (Å²) in [4.78, 5) is 10.6. The van der Waals surface area contributed by atoms with Crippen molar-refractivity contribution in [3.8, 4) is 0 Å². The number of piperidine rings is 1. The fourth-order valence-corrected chi connectivity index (χ4v) is 4.53. The first kappa shape index (κ1) is 19.7. The maximum atomic E-state index is 14.0. The lowest BCUT2D eigenvalue weighted by Crippen LogP contribution is -2.49. The van der Waals surface area contributed by atoms with Crippen LogP contribution in [0.5, 0.6) is 0 Å². The Morgan fingerprint density at radius 2 is 1.96 bits per heavy atom. The smallest absolute Gasteiger partial charge is 0.246 e. The maximum absolute atomic E-state index is 14.0. The van der Waals surface area contributed by atoms with Crippen LogP contribution >= 0.6 is 0 Å². The zero-order valence-electron chi connectivity index (χ0n) is 13.5. The Morgan fingerprint density at radius 3 is 2.64 bits per heavy atom. The van der Waals surface area contributed by atoms with Crippen LogP contribution in [-0.4, -0.2) is 44.3 Å². The van der Waals surface area contributed by atoms with Crippen LogP contribution in [0.15, 0.2) is 17.0 Å². The molecule has 25 heavy (non-hydrogen) atoms. The summed E-state index contributed by atoms with van der Waals surface area (Å²) in [5, 5.41) is 2.59. The minimum absolute atomic E-state index is 0.0450. The van der Waals surface area contributed by atoms with Crippen molar-refractivity contribution < 1.29 is 26.4 Å². The monoisotopic (exact) mass is 379 g/mol. The zero-order chi connectivity index (χ0) is 18.6. The summed E-state index contributed by atoms with van der Waals surface area (Å²) in [5.41, 5.74) is 5.28. The number of rotatable bonds is 6. The minimum Gasteiger partial charge on any atom is -0.354 e. The Morgan fingerprint density at radius 1 is 1.24 bits per heavy atom. The van der Waals surface area contributed by atoms with Gasteiger partial charge in [-0.2, -0.15) is 4.31 Å². The second-order valence-corrected chi connectivity index (χ2v) is 7.64. The lowest BCUT2D eigenvalue weighted by Gasteiger charge is -2.34. The lowest BCUT2D eigenvalue weighted by molar-refractivity contribution is -0.121. The summed E-state index contributed by atoms with van der Waals surface area (Å²) in [6.07, 6.45) is 1.87. The summed E-state index contributed by atoms with van der Waals surface area (Å²) < 4.78 is 66.9. The van der Waals surface area contributed by atoms with E-state index >= 15 is 0 Å². The number of nitrogens with zero attached hydrogens (tertiary/aromatic N) is 1. The van der Waals surface area contributed by atoms with Crippen LogP contribution in [0.25, 0.3) is 0 Å². The molecule has 2 rings (SSSR count). The van der Waals surface area contributed by atoms with Crippen molar-refractivity contribution in [2.75, 3.05) is 19.6 Å². The number of sulfonamides is 1. The number of hydrogen-bond acceptors (Lipinski definition) is 4. The summed E-state index contributed by atoms with van der Waals surface area (Å²) in [5.74, 6) is -5.34. The lowest BCUT2D eigenvalue weighted by atomic mass is 10.1. The van der Waals surface area contributed by atoms with Gasteiger partial charge in [0.2, 0.25) is 15.9 Å². The molecule has 1 aliphatic heterocycles. The van der Waals surface area contributed by atoms with Gasteiger partial charge in [0.25, 0.3) is 0 Å². The molecule has 6 nitrogen and oxygen atoms in total. The third-order valence-corrected chi connectivity index (χ3v) is 6.04. The third-order valence-electron chi connectivity index (χ3n) is 4.07. The Kier molecular flexibility index (Phi) is 6.42.